The maximum absolute atomic E-state index is 11.7. The van der Waals surface area contributed by atoms with Gasteiger partial charge >= 0.3 is 0 Å². The molecule has 0 saturated carbocycles. The monoisotopic (exact) mass is 335 g/mol. The fourth-order valence-corrected chi connectivity index (χ4v) is 5.15. The molecular weight excluding hydrogens is 306 g/mol. The van der Waals surface area contributed by atoms with E-state index in [1.54, 1.807) is 0 Å². The average Bonchev–Trinajstić information content (AvgIpc) is 2.69. The van der Waals surface area contributed by atoms with Gasteiger partial charge in [-0.25, -0.2) is 0 Å². The van der Waals surface area contributed by atoms with Gasteiger partial charge in [-0.2, -0.15) is 0 Å². The van der Waals surface area contributed by atoms with Gasteiger partial charge in [0.05, 0.1) is 5.60 Å². The first kappa shape index (κ1) is 16.8. The summed E-state index contributed by atoms with van der Waals surface area (Å²) < 4.78 is 0. The summed E-state index contributed by atoms with van der Waals surface area (Å²) in [5.41, 5.74) is 2.93. The van der Waals surface area contributed by atoms with Crippen molar-refractivity contribution in [3.8, 4) is 0 Å². The lowest BCUT2D eigenvalue weighted by Gasteiger charge is -2.55. The maximum Gasteiger partial charge on any atom is 0.0917 e. The largest absolute Gasteiger partial charge is 0.385 e. The van der Waals surface area contributed by atoms with Crippen LogP contribution < -0.4 is 0 Å². The number of hydrogen-bond acceptors (Lipinski definition) is 2. The lowest BCUT2D eigenvalue weighted by atomic mass is 9.63. The van der Waals surface area contributed by atoms with Crippen LogP contribution in [-0.2, 0) is 12.0 Å². The van der Waals surface area contributed by atoms with Crippen LogP contribution >= 0.6 is 0 Å². The lowest BCUT2D eigenvalue weighted by molar-refractivity contribution is -0.126. The van der Waals surface area contributed by atoms with E-state index in [0.717, 1.165) is 25.1 Å². The number of hydrogen-bond donors (Lipinski definition) is 1. The zero-order valence-corrected chi connectivity index (χ0v) is 15.4. The second-order valence-corrected chi connectivity index (χ2v) is 7.95. The molecule has 3 atom stereocenters. The van der Waals surface area contributed by atoms with Crippen LogP contribution in [0.4, 0.5) is 0 Å². The van der Waals surface area contributed by atoms with Crippen molar-refractivity contribution >= 4 is 0 Å². The summed E-state index contributed by atoms with van der Waals surface area (Å²) in [6, 6.07) is 19.7. The third-order valence-electron chi connectivity index (χ3n) is 6.55. The lowest BCUT2D eigenvalue weighted by Crippen LogP contribution is -2.55. The van der Waals surface area contributed by atoms with Gasteiger partial charge in [0, 0.05) is 12.0 Å². The first-order valence-corrected chi connectivity index (χ1v) is 9.72. The fourth-order valence-electron chi connectivity index (χ4n) is 5.15. The van der Waals surface area contributed by atoms with Crippen LogP contribution in [-0.4, -0.2) is 23.1 Å². The van der Waals surface area contributed by atoms with Crippen molar-refractivity contribution in [2.45, 2.75) is 44.8 Å². The van der Waals surface area contributed by atoms with Gasteiger partial charge in [0.2, 0.25) is 0 Å². The average molecular weight is 335 g/mol. The Kier molecular flexibility index (Phi) is 4.43. The Bertz CT molecular complexity index is 699. The molecule has 0 amide bonds. The zero-order chi connectivity index (χ0) is 17.4. The third kappa shape index (κ3) is 2.92. The quantitative estimate of drug-likeness (QED) is 0.887. The summed E-state index contributed by atoms with van der Waals surface area (Å²) in [6.45, 7) is 6.53. The number of fused-ring (bicyclic) bond motifs is 3. The third-order valence-corrected chi connectivity index (χ3v) is 6.55. The Morgan fingerprint density at radius 3 is 2.24 bits per heavy atom. The molecule has 0 spiro atoms. The molecule has 3 aliphatic heterocycles. The Morgan fingerprint density at radius 2 is 1.64 bits per heavy atom. The summed E-state index contributed by atoms with van der Waals surface area (Å²) in [4.78, 5) is 2.59. The van der Waals surface area contributed by atoms with Gasteiger partial charge in [-0.1, -0.05) is 61.5 Å². The van der Waals surface area contributed by atoms with Crippen molar-refractivity contribution < 1.29 is 5.11 Å². The Labute approximate surface area is 151 Å². The molecule has 0 radical (unpaired) electrons. The molecule has 3 unspecified atom stereocenters. The van der Waals surface area contributed by atoms with Gasteiger partial charge in [-0.15, -0.1) is 0 Å². The summed E-state index contributed by atoms with van der Waals surface area (Å²) in [5, 5.41) is 11.7. The SMILES string of the molecule is CCc1ccc(C(C)(O)C2C3CCN(CC3)C2c2ccccc2)cc1. The van der Waals surface area contributed by atoms with E-state index in [9.17, 15) is 5.11 Å². The molecule has 2 heteroatoms. The van der Waals surface area contributed by atoms with Crippen LogP contribution in [0, 0.1) is 11.8 Å². The smallest absolute Gasteiger partial charge is 0.0917 e. The first-order chi connectivity index (χ1) is 12.1. The van der Waals surface area contributed by atoms with Crippen LogP contribution in [0.5, 0.6) is 0 Å². The number of piperidine rings is 3. The summed E-state index contributed by atoms with van der Waals surface area (Å²) in [7, 11) is 0. The molecule has 25 heavy (non-hydrogen) atoms. The van der Waals surface area contributed by atoms with Gasteiger partial charge < -0.3 is 5.11 Å². The van der Waals surface area contributed by atoms with Crippen molar-refractivity contribution in [3.63, 3.8) is 0 Å². The molecule has 5 rings (SSSR count). The molecule has 2 nitrogen and oxygen atoms in total. The predicted octanol–water partition coefficient (Wildman–Crippen LogP) is 4.54. The van der Waals surface area contributed by atoms with Crippen LogP contribution in [0.15, 0.2) is 54.6 Å². The summed E-state index contributed by atoms with van der Waals surface area (Å²) in [5.74, 6) is 0.834. The van der Waals surface area contributed by atoms with Crippen LogP contribution in [0.3, 0.4) is 0 Å². The van der Waals surface area contributed by atoms with E-state index in [1.165, 1.54) is 24.0 Å². The highest BCUT2D eigenvalue weighted by atomic mass is 16.3. The molecule has 2 aromatic carbocycles. The van der Waals surface area contributed by atoms with Gasteiger partial charge in [-0.05, 0) is 61.9 Å². The van der Waals surface area contributed by atoms with Gasteiger partial charge in [-0.3, -0.25) is 4.90 Å². The molecule has 1 N–H and O–H groups in total. The molecule has 2 bridgehead atoms. The predicted molar refractivity (Wildman–Crippen MR) is 102 cm³/mol. The number of nitrogens with zero attached hydrogens (tertiary/aromatic N) is 1. The van der Waals surface area contributed by atoms with E-state index in [0.29, 0.717) is 12.0 Å². The van der Waals surface area contributed by atoms with E-state index in [2.05, 4.69) is 66.4 Å². The minimum Gasteiger partial charge on any atom is -0.385 e. The highest BCUT2D eigenvalue weighted by molar-refractivity contribution is 5.31. The summed E-state index contributed by atoms with van der Waals surface area (Å²) >= 11 is 0. The van der Waals surface area contributed by atoms with Crippen molar-refractivity contribution in [1.82, 2.24) is 4.90 Å². The highest BCUT2D eigenvalue weighted by Crippen LogP contribution is 2.52. The molecule has 0 aromatic heterocycles. The first-order valence-electron chi connectivity index (χ1n) is 9.72. The second kappa shape index (κ2) is 6.59. The van der Waals surface area contributed by atoms with Crippen molar-refractivity contribution in [2.24, 2.45) is 11.8 Å². The Hall–Kier alpha value is -1.64. The number of aliphatic hydroxyl groups is 1. The van der Waals surface area contributed by atoms with Crippen molar-refractivity contribution in [1.29, 1.82) is 0 Å². The fraction of sp³-hybridized carbons (Fsp3) is 0.478. The molecule has 3 saturated heterocycles. The molecule has 3 fully saturated rings. The van der Waals surface area contributed by atoms with Crippen LogP contribution in [0.25, 0.3) is 0 Å². The molecule has 132 valence electrons. The van der Waals surface area contributed by atoms with E-state index < -0.39 is 5.60 Å². The number of rotatable bonds is 4. The molecule has 0 aliphatic carbocycles. The standard InChI is InChI=1S/C23H29NO/c1-3-17-9-11-20(12-10-17)23(2,25)21-18-13-15-24(16-14-18)22(21)19-7-5-4-6-8-19/h4-12,18,21-22,25H,3,13-16H2,1-2H3. The second-order valence-electron chi connectivity index (χ2n) is 7.95. The molecular formula is C23H29NO. The minimum absolute atomic E-state index is 0.241. The molecule has 2 aromatic rings. The van der Waals surface area contributed by atoms with E-state index in [-0.39, 0.29) is 5.92 Å². The number of aryl methyl sites for hydroxylation is 1. The zero-order valence-electron chi connectivity index (χ0n) is 15.4. The van der Waals surface area contributed by atoms with E-state index >= 15 is 0 Å². The molecule has 3 aliphatic rings. The van der Waals surface area contributed by atoms with E-state index in [4.69, 9.17) is 0 Å². The van der Waals surface area contributed by atoms with Crippen LogP contribution in [0.2, 0.25) is 0 Å². The van der Waals surface area contributed by atoms with E-state index in [1.807, 2.05) is 6.92 Å². The van der Waals surface area contributed by atoms with Gasteiger partial charge in [0.25, 0.3) is 0 Å². The van der Waals surface area contributed by atoms with Crippen molar-refractivity contribution in [3.05, 3.63) is 71.3 Å². The Morgan fingerprint density at radius 1 is 1.00 bits per heavy atom. The van der Waals surface area contributed by atoms with Gasteiger partial charge in [0.1, 0.15) is 0 Å². The van der Waals surface area contributed by atoms with Gasteiger partial charge in [0.15, 0.2) is 0 Å². The maximum atomic E-state index is 11.7. The normalized spacial score (nSPS) is 30.8. The highest BCUT2D eigenvalue weighted by Gasteiger charge is 2.51. The Balaban J connectivity index is 1.74. The van der Waals surface area contributed by atoms with Crippen LogP contribution in [0.1, 0.15) is 49.4 Å². The molecule has 3 heterocycles. The number of benzene rings is 2. The van der Waals surface area contributed by atoms with Crippen molar-refractivity contribution in [2.75, 3.05) is 13.1 Å². The minimum atomic E-state index is -0.809. The topological polar surface area (TPSA) is 23.5 Å². The summed E-state index contributed by atoms with van der Waals surface area (Å²) in [6.07, 6.45) is 3.45.